The molecule has 0 spiro atoms. The minimum Gasteiger partial charge on any atom is -0.493 e. The number of anilines is 1. The van der Waals surface area contributed by atoms with Crippen LogP contribution in [-0.2, 0) is 17.6 Å². The molecular formula is C13H18N2O2. The molecule has 0 saturated carbocycles. The molecule has 4 nitrogen and oxygen atoms in total. The van der Waals surface area contributed by atoms with Gasteiger partial charge in [0.1, 0.15) is 5.75 Å². The number of nitrogens with one attached hydrogen (secondary N) is 1. The average molecular weight is 234 g/mol. The summed E-state index contributed by atoms with van der Waals surface area (Å²) in [5.41, 5.74) is 8.83. The summed E-state index contributed by atoms with van der Waals surface area (Å²) in [6.07, 6.45) is 2.79. The zero-order chi connectivity index (χ0) is 12.3. The molecule has 1 heterocycles. The monoisotopic (exact) mass is 234 g/mol. The topological polar surface area (TPSA) is 64.4 Å². The van der Waals surface area contributed by atoms with Crippen molar-refractivity contribution in [1.82, 2.24) is 0 Å². The minimum atomic E-state index is -0.0556. The fourth-order valence-corrected chi connectivity index (χ4v) is 2.25. The second kappa shape index (κ2) is 5.19. The maximum absolute atomic E-state index is 11.2. The van der Waals surface area contributed by atoms with Crippen LogP contribution in [0.2, 0.25) is 0 Å². The second-order valence-electron chi connectivity index (χ2n) is 4.24. The molecule has 1 aromatic rings. The number of amides is 1. The lowest BCUT2D eigenvalue weighted by atomic mass is 9.96. The number of benzene rings is 1. The predicted octanol–water partition coefficient (Wildman–Crippen LogP) is 1.47. The van der Waals surface area contributed by atoms with Gasteiger partial charge >= 0.3 is 0 Å². The molecule has 1 aliphatic rings. The highest BCUT2D eigenvalue weighted by Crippen LogP contribution is 2.33. The van der Waals surface area contributed by atoms with Crippen molar-refractivity contribution in [3.05, 3.63) is 23.3 Å². The zero-order valence-corrected chi connectivity index (χ0v) is 10.1. The molecule has 0 aromatic heterocycles. The Morgan fingerprint density at radius 1 is 1.53 bits per heavy atom. The molecule has 0 radical (unpaired) electrons. The maximum Gasteiger partial charge on any atom is 0.221 e. The number of ether oxygens (including phenoxy) is 1. The molecule has 0 unspecified atom stereocenters. The van der Waals surface area contributed by atoms with Crippen molar-refractivity contribution in [2.24, 2.45) is 5.73 Å². The van der Waals surface area contributed by atoms with Crippen LogP contribution in [0.25, 0.3) is 0 Å². The number of hydrogen-bond donors (Lipinski definition) is 2. The van der Waals surface area contributed by atoms with Crippen LogP contribution in [0.15, 0.2) is 12.1 Å². The van der Waals surface area contributed by atoms with Crippen molar-refractivity contribution >= 4 is 11.6 Å². The highest BCUT2D eigenvalue weighted by Gasteiger charge is 2.17. The Hall–Kier alpha value is -1.55. The number of carbonyl (C=O) groups excluding carboxylic acids is 1. The average Bonchev–Trinajstić information content (AvgIpc) is 2.32. The lowest BCUT2D eigenvalue weighted by molar-refractivity contribution is -0.114. The molecule has 1 amide bonds. The number of rotatable bonds is 3. The van der Waals surface area contributed by atoms with Gasteiger partial charge < -0.3 is 15.8 Å². The van der Waals surface area contributed by atoms with Gasteiger partial charge in [0.2, 0.25) is 5.91 Å². The van der Waals surface area contributed by atoms with E-state index in [1.54, 1.807) is 0 Å². The van der Waals surface area contributed by atoms with Crippen LogP contribution in [0.3, 0.4) is 0 Å². The molecule has 4 heteroatoms. The van der Waals surface area contributed by atoms with Gasteiger partial charge in [-0.25, -0.2) is 0 Å². The zero-order valence-electron chi connectivity index (χ0n) is 10.1. The van der Waals surface area contributed by atoms with Gasteiger partial charge in [0.25, 0.3) is 0 Å². The van der Waals surface area contributed by atoms with E-state index in [9.17, 15) is 4.79 Å². The van der Waals surface area contributed by atoms with Crippen molar-refractivity contribution in [1.29, 1.82) is 0 Å². The molecule has 3 N–H and O–H groups in total. The third-order valence-electron chi connectivity index (χ3n) is 2.92. The standard InChI is InChI=1S/C13H18N2O2/c1-9(16)15-12-4-5-13-11(3-2-8-17-13)10(12)6-7-14/h4-5H,2-3,6-8,14H2,1H3,(H,15,16). The smallest absolute Gasteiger partial charge is 0.221 e. The summed E-state index contributed by atoms with van der Waals surface area (Å²) in [5.74, 6) is 0.883. The molecule has 1 aromatic carbocycles. The van der Waals surface area contributed by atoms with Gasteiger partial charge in [-0.05, 0) is 49.1 Å². The molecule has 0 atom stereocenters. The summed E-state index contributed by atoms with van der Waals surface area (Å²) < 4.78 is 5.62. The quantitative estimate of drug-likeness (QED) is 0.832. The number of fused-ring (bicyclic) bond motifs is 1. The molecule has 0 fully saturated rings. The summed E-state index contributed by atoms with van der Waals surface area (Å²) in [6, 6.07) is 3.83. The molecule has 17 heavy (non-hydrogen) atoms. The van der Waals surface area contributed by atoms with Gasteiger partial charge in [0, 0.05) is 12.6 Å². The SMILES string of the molecule is CC(=O)Nc1ccc2c(c1CCN)CCCO2. The van der Waals surface area contributed by atoms with Gasteiger partial charge in [-0.1, -0.05) is 0 Å². The predicted molar refractivity (Wildman–Crippen MR) is 67.3 cm³/mol. The van der Waals surface area contributed by atoms with E-state index in [2.05, 4.69) is 5.32 Å². The van der Waals surface area contributed by atoms with Gasteiger partial charge in [0.15, 0.2) is 0 Å². The molecule has 1 aliphatic heterocycles. The van der Waals surface area contributed by atoms with Crippen LogP contribution >= 0.6 is 0 Å². The summed E-state index contributed by atoms with van der Waals surface area (Å²) in [7, 11) is 0. The van der Waals surface area contributed by atoms with Crippen LogP contribution in [0.1, 0.15) is 24.5 Å². The number of hydrogen-bond acceptors (Lipinski definition) is 3. The highest BCUT2D eigenvalue weighted by atomic mass is 16.5. The summed E-state index contributed by atoms with van der Waals surface area (Å²) in [4.78, 5) is 11.2. The summed E-state index contributed by atoms with van der Waals surface area (Å²) >= 11 is 0. The van der Waals surface area contributed by atoms with Gasteiger partial charge in [-0.2, -0.15) is 0 Å². The van der Waals surface area contributed by atoms with Gasteiger partial charge in [-0.3, -0.25) is 4.79 Å². The maximum atomic E-state index is 11.2. The van der Waals surface area contributed by atoms with Crippen LogP contribution in [0.5, 0.6) is 5.75 Å². The second-order valence-corrected chi connectivity index (χ2v) is 4.24. The third-order valence-corrected chi connectivity index (χ3v) is 2.92. The van der Waals surface area contributed by atoms with E-state index >= 15 is 0 Å². The van der Waals surface area contributed by atoms with Crippen LogP contribution in [0.4, 0.5) is 5.69 Å². The molecule has 2 rings (SSSR count). The van der Waals surface area contributed by atoms with Crippen LogP contribution in [-0.4, -0.2) is 19.1 Å². The lowest BCUT2D eigenvalue weighted by Crippen LogP contribution is -2.16. The molecular weight excluding hydrogens is 216 g/mol. The van der Waals surface area contributed by atoms with E-state index in [1.807, 2.05) is 12.1 Å². The summed E-state index contributed by atoms with van der Waals surface area (Å²) in [6.45, 7) is 2.86. The Bertz CT molecular complexity index is 430. The van der Waals surface area contributed by atoms with Gasteiger partial charge in [0.05, 0.1) is 6.61 Å². The molecule has 92 valence electrons. The van der Waals surface area contributed by atoms with Crippen molar-refractivity contribution in [3.63, 3.8) is 0 Å². The third kappa shape index (κ3) is 2.58. The van der Waals surface area contributed by atoms with Crippen molar-refractivity contribution < 1.29 is 9.53 Å². The first-order valence-corrected chi connectivity index (χ1v) is 5.97. The normalized spacial score (nSPS) is 13.8. The highest BCUT2D eigenvalue weighted by molar-refractivity contribution is 5.90. The Morgan fingerprint density at radius 3 is 3.06 bits per heavy atom. The first kappa shape index (κ1) is 11.9. The Labute approximate surface area is 101 Å². The minimum absolute atomic E-state index is 0.0556. The van der Waals surface area contributed by atoms with E-state index < -0.39 is 0 Å². The van der Waals surface area contributed by atoms with E-state index in [4.69, 9.17) is 10.5 Å². The van der Waals surface area contributed by atoms with Gasteiger partial charge in [-0.15, -0.1) is 0 Å². The number of nitrogens with two attached hydrogens (primary N) is 1. The van der Waals surface area contributed by atoms with E-state index in [0.29, 0.717) is 6.54 Å². The van der Waals surface area contributed by atoms with Crippen molar-refractivity contribution in [2.45, 2.75) is 26.2 Å². The first-order chi connectivity index (χ1) is 8.22. The van der Waals surface area contributed by atoms with E-state index in [-0.39, 0.29) is 5.91 Å². The Kier molecular flexibility index (Phi) is 3.64. The van der Waals surface area contributed by atoms with Crippen LogP contribution in [0, 0.1) is 0 Å². The van der Waals surface area contributed by atoms with E-state index in [1.165, 1.54) is 12.5 Å². The lowest BCUT2D eigenvalue weighted by Gasteiger charge is -2.22. The first-order valence-electron chi connectivity index (χ1n) is 5.97. The summed E-state index contributed by atoms with van der Waals surface area (Å²) in [5, 5.41) is 2.86. The fraction of sp³-hybridized carbons (Fsp3) is 0.462. The van der Waals surface area contributed by atoms with Crippen molar-refractivity contribution in [3.8, 4) is 5.75 Å². The van der Waals surface area contributed by atoms with Crippen molar-refractivity contribution in [2.75, 3.05) is 18.5 Å². The largest absolute Gasteiger partial charge is 0.493 e. The molecule has 0 bridgehead atoms. The Morgan fingerprint density at radius 2 is 2.35 bits per heavy atom. The fourth-order valence-electron chi connectivity index (χ4n) is 2.25. The van der Waals surface area contributed by atoms with E-state index in [0.717, 1.165) is 42.9 Å². The molecule has 0 saturated heterocycles. The van der Waals surface area contributed by atoms with Crippen LogP contribution < -0.4 is 15.8 Å². The Balaban J connectivity index is 2.41. The molecule has 0 aliphatic carbocycles. The number of carbonyl (C=O) groups is 1.